The van der Waals surface area contributed by atoms with Gasteiger partial charge in [-0.15, -0.1) is 0 Å². The Bertz CT molecular complexity index is 769. The molecular formula is C20H20ClFN2O2. The minimum Gasteiger partial charge on any atom is -0.353 e. The Morgan fingerprint density at radius 2 is 1.77 bits per heavy atom. The maximum atomic E-state index is 13.9. The minimum absolute atomic E-state index is 0.0198. The summed E-state index contributed by atoms with van der Waals surface area (Å²) in [7, 11) is 0. The SMILES string of the molecule is O=C(Cc1ccccc1)NC1CCN(C(=O)c2c(F)cccc2Cl)CC1. The number of nitrogens with zero attached hydrogens (tertiary/aromatic N) is 1. The van der Waals surface area contributed by atoms with Crippen molar-refractivity contribution in [2.45, 2.75) is 25.3 Å². The first-order chi connectivity index (χ1) is 12.5. The number of carbonyl (C=O) groups excluding carboxylic acids is 2. The Kier molecular flexibility index (Phi) is 5.89. The van der Waals surface area contributed by atoms with Gasteiger partial charge in [0.2, 0.25) is 5.91 Å². The first kappa shape index (κ1) is 18.4. The standard InChI is InChI=1S/C20H20ClFN2O2/c21-16-7-4-8-17(22)19(16)20(26)24-11-9-15(10-12-24)23-18(25)13-14-5-2-1-3-6-14/h1-8,15H,9-13H2,(H,23,25). The molecule has 6 heteroatoms. The Hall–Kier alpha value is -2.40. The second-order valence-electron chi connectivity index (χ2n) is 6.39. The molecule has 4 nitrogen and oxygen atoms in total. The normalized spacial score (nSPS) is 14.9. The summed E-state index contributed by atoms with van der Waals surface area (Å²) in [5.74, 6) is -1.04. The first-order valence-corrected chi connectivity index (χ1v) is 8.99. The Labute approximate surface area is 157 Å². The van der Waals surface area contributed by atoms with Crippen LogP contribution in [0, 0.1) is 5.82 Å². The summed E-state index contributed by atoms with van der Waals surface area (Å²) in [6, 6.07) is 13.8. The van der Waals surface area contributed by atoms with Gasteiger partial charge in [0, 0.05) is 19.1 Å². The van der Waals surface area contributed by atoms with Crippen molar-refractivity contribution in [3.05, 3.63) is 70.5 Å². The zero-order valence-electron chi connectivity index (χ0n) is 14.3. The third-order valence-corrected chi connectivity index (χ3v) is 4.85. The number of nitrogens with one attached hydrogen (secondary N) is 1. The molecular weight excluding hydrogens is 355 g/mol. The zero-order valence-corrected chi connectivity index (χ0v) is 15.0. The topological polar surface area (TPSA) is 49.4 Å². The van der Waals surface area contributed by atoms with Crippen LogP contribution >= 0.6 is 11.6 Å². The molecule has 1 aliphatic heterocycles. The highest BCUT2D eigenvalue weighted by Crippen LogP contribution is 2.22. The highest BCUT2D eigenvalue weighted by Gasteiger charge is 2.27. The Morgan fingerprint density at radius 1 is 1.08 bits per heavy atom. The van der Waals surface area contributed by atoms with E-state index in [2.05, 4.69) is 5.32 Å². The Balaban J connectivity index is 1.53. The second kappa shape index (κ2) is 8.32. The van der Waals surface area contributed by atoms with E-state index in [-0.39, 0.29) is 22.5 Å². The molecule has 1 fully saturated rings. The molecule has 2 amide bonds. The number of hydrogen-bond donors (Lipinski definition) is 1. The number of likely N-dealkylation sites (tertiary alicyclic amines) is 1. The van der Waals surface area contributed by atoms with Crippen LogP contribution in [0.5, 0.6) is 0 Å². The lowest BCUT2D eigenvalue weighted by Gasteiger charge is -2.32. The van der Waals surface area contributed by atoms with Gasteiger partial charge >= 0.3 is 0 Å². The van der Waals surface area contributed by atoms with Gasteiger partial charge in [-0.1, -0.05) is 48.0 Å². The van der Waals surface area contributed by atoms with Gasteiger partial charge in [-0.05, 0) is 30.5 Å². The molecule has 0 radical (unpaired) electrons. The third kappa shape index (κ3) is 4.41. The van der Waals surface area contributed by atoms with Crippen LogP contribution in [-0.2, 0) is 11.2 Å². The van der Waals surface area contributed by atoms with Crippen molar-refractivity contribution in [2.75, 3.05) is 13.1 Å². The summed E-state index contributed by atoms with van der Waals surface area (Å²) in [5.41, 5.74) is 0.882. The number of amides is 2. The highest BCUT2D eigenvalue weighted by molar-refractivity contribution is 6.33. The van der Waals surface area contributed by atoms with E-state index in [1.807, 2.05) is 30.3 Å². The molecule has 26 heavy (non-hydrogen) atoms. The number of rotatable bonds is 4. The predicted octanol–water partition coefficient (Wildman–Crippen LogP) is 3.44. The van der Waals surface area contributed by atoms with Crippen LogP contribution in [0.2, 0.25) is 5.02 Å². The van der Waals surface area contributed by atoms with Gasteiger partial charge in [-0.2, -0.15) is 0 Å². The lowest BCUT2D eigenvalue weighted by Crippen LogP contribution is -2.47. The molecule has 0 unspecified atom stereocenters. The predicted molar refractivity (Wildman–Crippen MR) is 98.6 cm³/mol. The maximum Gasteiger partial charge on any atom is 0.258 e. The second-order valence-corrected chi connectivity index (χ2v) is 6.80. The van der Waals surface area contributed by atoms with E-state index in [0.29, 0.717) is 32.4 Å². The van der Waals surface area contributed by atoms with E-state index >= 15 is 0 Å². The van der Waals surface area contributed by atoms with Crippen LogP contribution in [0.3, 0.4) is 0 Å². The molecule has 3 rings (SSSR count). The molecule has 1 heterocycles. The quantitative estimate of drug-likeness (QED) is 0.891. The van der Waals surface area contributed by atoms with Gasteiger partial charge in [0.15, 0.2) is 0 Å². The van der Waals surface area contributed by atoms with Crippen molar-refractivity contribution in [3.8, 4) is 0 Å². The Morgan fingerprint density at radius 3 is 2.42 bits per heavy atom. The number of hydrogen-bond acceptors (Lipinski definition) is 2. The van der Waals surface area contributed by atoms with Crippen molar-refractivity contribution in [1.82, 2.24) is 10.2 Å². The highest BCUT2D eigenvalue weighted by atomic mass is 35.5. The van der Waals surface area contributed by atoms with Crippen LogP contribution in [0.15, 0.2) is 48.5 Å². The molecule has 1 saturated heterocycles. The molecule has 0 aliphatic carbocycles. The minimum atomic E-state index is -0.610. The average Bonchev–Trinajstić information content (AvgIpc) is 2.63. The van der Waals surface area contributed by atoms with Crippen LogP contribution in [-0.4, -0.2) is 35.8 Å². The van der Waals surface area contributed by atoms with Crippen molar-refractivity contribution >= 4 is 23.4 Å². The third-order valence-electron chi connectivity index (χ3n) is 4.53. The number of benzene rings is 2. The van der Waals surface area contributed by atoms with Crippen molar-refractivity contribution in [2.24, 2.45) is 0 Å². The van der Waals surface area contributed by atoms with E-state index in [9.17, 15) is 14.0 Å². The van der Waals surface area contributed by atoms with Gasteiger partial charge in [0.1, 0.15) is 5.82 Å². The first-order valence-electron chi connectivity index (χ1n) is 8.61. The van der Waals surface area contributed by atoms with E-state index in [1.165, 1.54) is 18.2 Å². The number of carbonyl (C=O) groups is 2. The maximum absolute atomic E-state index is 13.9. The fraction of sp³-hybridized carbons (Fsp3) is 0.300. The van der Waals surface area contributed by atoms with Gasteiger partial charge in [0.25, 0.3) is 5.91 Å². The zero-order chi connectivity index (χ0) is 18.5. The molecule has 0 atom stereocenters. The molecule has 0 saturated carbocycles. The molecule has 1 N–H and O–H groups in total. The van der Waals surface area contributed by atoms with E-state index in [0.717, 1.165) is 5.56 Å². The van der Waals surface area contributed by atoms with E-state index in [4.69, 9.17) is 11.6 Å². The summed E-state index contributed by atoms with van der Waals surface area (Å²) >= 11 is 5.97. The van der Waals surface area contributed by atoms with Crippen LogP contribution in [0.1, 0.15) is 28.8 Å². The van der Waals surface area contributed by atoms with Crippen molar-refractivity contribution in [1.29, 1.82) is 0 Å². The van der Waals surface area contributed by atoms with Gasteiger partial charge in [0.05, 0.1) is 17.0 Å². The molecule has 1 aliphatic rings. The summed E-state index contributed by atoms with van der Waals surface area (Å²) < 4.78 is 13.9. The lowest BCUT2D eigenvalue weighted by atomic mass is 10.0. The summed E-state index contributed by atoms with van der Waals surface area (Å²) in [6.45, 7) is 0.916. The molecule has 2 aromatic carbocycles. The largest absolute Gasteiger partial charge is 0.353 e. The number of halogens is 2. The summed E-state index contributed by atoms with van der Waals surface area (Å²) in [6.07, 6.45) is 1.61. The fourth-order valence-electron chi connectivity index (χ4n) is 3.15. The number of piperidine rings is 1. The molecule has 136 valence electrons. The summed E-state index contributed by atoms with van der Waals surface area (Å²) in [5, 5.41) is 3.13. The summed E-state index contributed by atoms with van der Waals surface area (Å²) in [4.78, 5) is 26.3. The van der Waals surface area contributed by atoms with Crippen molar-refractivity contribution < 1.29 is 14.0 Å². The van der Waals surface area contributed by atoms with Gasteiger partial charge in [-0.25, -0.2) is 4.39 Å². The fourth-order valence-corrected chi connectivity index (χ4v) is 3.39. The van der Waals surface area contributed by atoms with Crippen LogP contribution < -0.4 is 5.32 Å². The van der Waals surface area contributed by atoms with Crippen LogP contribution in [0.25, 0.3) is 0 Å². The molecule has 0 spiro atoms. The van der Waals surface area contributed by atoms with E-state index in [1.54, 1.807) is 4.90 Å². The molecule has 2 aromatic rings. The molecule has 0 bridgehead atoms. The van der Waals surface area contributed by atoms with Gasteiger partial charge < -0.3 is 10.2 Å². The van der Waals surface area contributed by atoms with Crippen molar-refractivity contribution in [3.63, 3.8) is 0 Å². The average molecular weight is 375 g/mol. The lowest BCUT2D eigenvalue weighted by molar-refractivity contribution is -0.121. The smallest absolute Gasteiger partial charge is 0.258 e. The van der Waals surface area contributed by atoms with E-state index < -0.39 is 11.7 Å². The van der Waals surface area contributed by atoms with Crippen LogP contribution in [0.4, 0.5) is 4.39 Å². The molecule has 0 aromatic heterocycles. The monoisotopic (exact) mass is 374 g/mol. The van der Waals surface area contributed by atoms with Gasteiger partial charge in [-0.3, -0.25) is 9.59 Å².